The Morgan fingerprint density at radius 2 is 1.83 bits per heavy atom. The third kappa shape index (κ3) is 5.16. The van der Waals surface area contributed by atoms with Crippen LogP contribution in [-0.4, -0.2) is 38.0 Å². The molecule has 3 aromatic heterocycles. The van der Waals surface area contributed by atoms with Crippen molar-refractivity contribution in [3.05, 3.63) is 102 Å². The van der Waals surface area contributed by atoms with Gasteiger partial charge in [-0.15, -0.1) is 0 Å². The van der Waals surface area contributed by atoms with Crippen molar-refractivity contribution < 1.29 is 9.32 Å². The number of pyridine rings is 1. The maximum Gasteiger partial charge on any atom is 0.230 e. The second-order valence-electron chi connectivity index (χ2n) is 8.13. The van der Waals surface area contributed by atoms with Gasteiger partial charge in [-0.05, 0) is 47.0 Å². The van der Waals surface area contributed by atoms with Crippen LogP contribution in [0.5, 0.6) is 0 Å². The summed E-state index contributed by atoms with van der Waals surface area (Å²) < 4.78 is 5.16. The Balaban J connectivity index is 1.43. The van der Waals surface area contributed by atoms with E-state index >= 15 is 0 Å². The summed E-state index contributed by atoms with van der Waals surface area (Å²) >= 11 is 0. The average molecular weight is 465 g/mol. The monoisotopic (exact) mass is 464 g/mol. The topological polar surface area (TPSA) is 97.0 Å². The van der Waals surface area contributed by atoms with E-state index in [-0.39, 0.29) is 12.3 Å². The number of carbonyl (C=O) groups is 1. The van der Waals surface area contributed by atoms with E-state index in [1.807, 2.05) is 43.4 Å². The van der Waals surface area contributed by atoms with Gasteiger partial charge in [-0.2, -0.15) is 0 Å². The molecule has 2 aromatic carbocycles. The molecule has 0 atom stereocenters. The van der Waals surface area contributed by atoms with E-state index in [0.717, 1.165) is 39.1 Å². The first kappa shape index (κ1) is 22.2. The summed E-state index contributed by atoms with van der Waals surface area (Å²) in [5.74, 6) is 1.26. The smallest absolute Gasteiger partial charge is 0.230 e. The van der Waals surface area contributed by atoms with E-state index in [4.69, 9.17) is 4.52 Å². The van der Waals surface area contributed by atoms with Gasteiger partial charge in [0.25, 0.3) is 0 Å². The minimum absolute atomic E-state index is 0.0562. The number of fused-ring (bicyclic) bond motifs is 1. The molecular weight excluding hydrogens is 440 g/mol. The molecule has 1 amide bonds. The molecular formula is C27H24N6O2. The fourth-order valence-electron chi connectivity index (χ4n) is 4.02. The van der Waals surface area contributed by atoms with Crippen LogP contribution in [0.1, 0.15) is 17.0 Å². The second-order valence-corrected chi connectivity index (χ2v) is 8.13. The minimum Gasteiger partial charge on any atom is -0.373 e. The van der Waals surface area contributed by atoms with Gasteiger partial charge in [0.1, 0.15) is 17.9 Å². The van der Waals surface area contributed by atoms with Crippen molar-refractivity contribution in [3.63, 3.8) is 0 Å². The zero-order valence-corrected chi connectivity index (χ0v) is 19.3. The Morgan fingerprint density at radius 3 is 2.63 bits per heavy atom. The maximum atomic E-state index is 13.2. The van der Waals surface area contributed by atoms with Crippen LogP contribution in [0, 0.1) is 0 Å². The molecule has 0 saturated carbocycles. The number of carbonyl (C=O) groups excluding carboxylic acids is 1. The minimum atomic E-state index is -0.0562. The Morgan fingerprint density at radius 1 is 0.914 bits per heavy atom. The zero-order chi connectivity index (χ0) is 24.0. The third-order valence-electron chi connectivity index (χ3n) is 5.75. The molecule has 0 aliphatic heterocycles. The lowest BCUT2D eigenvalue weighted by Gasteiger charge is -2.22. The fraction of sp³-hybridized carbons (Fsp3) is 0.148. The molecule has 0 radical (unpaired) electrons. The summed E-state index contributed by atoms with van der Waals surface area (Å²) in [4.78, 5) is 28.1. The molecule has 5 rings (SSSR count). The molecule has 174 valence electrons. The highest BCUT2D eigenvalue weighted by molar-refractivity contribution is 5.92. The van der Waals surface area contributed by atoms with Gasteiger partial charge >= 0.3 is 0 Å². The molecule has 1 N–H and O–H groups in total. The molecule has 5 aromatic rings. The molecule has 3 heterocycles. The van der Waals surface area contributed by atoms with Crippen LogP contribution in [0.3, 0.4) is 0 Å². The first-order valence-corrected chi connectivity index (χ1v) is 11.3. The number of nitrogens with zero attached hydrogens (tertiary/aromatic N) is 5. The lowest BCUT2D eigenvalue weighted by atomic mass is 10.0. The SMILES string of the molecule is CNc1ncnc2ccc(-c3cccc(CN(Cc4ccccn4)C(=O)Cc4ccno4)c3)cc12. The van der Waals surface area contributed by atoms with E-state index in [1.54, 1.807) is 29.7 Å². The van der Waals surface area contributed by atoms with E-state index in [2.05, 4.69) is 49.7 Å². The van der Waals surface area contributed by atoms with Crippen LogP contribution in [-0.2, 0) is 24.3 Å². The highest BCUT2D eigenvalue weighted by atomic mass is 16.5. The Labute approximate surface area is 202 Å². The van der Waals surface area contributed by atoms with Crippen molar-refractivity contribution in [2.24, 2.45) is 0 Å². The highest BCUT2D eigenvalue weighted by Gasteiger charge is 2.18. The first-order valence-electron chi connectivity index (χ1n) is 11.3. The number of hydrogen-bond acceptors (Lipinski definition) is 7. The van der Waals surface area contributed by atoms with Gasteiger partial charge in [-0.3, -0.25) is 9.78 Å². The maximum absolute atomic E-state index is 13.2. The number of hydrogen-bond donors (Lipinski definition) is 1. The summed E-state index contributed by atoms with van der Waals surface area (Å²) in [6.45, 7) is 0.840. The average Bonchev–Trinajstić information content (AvgIpc) is 3.41. The number of anilines is 1. The Bertz CT molecular complexity index is 1440. The third-order valence-corrected chi connectivity index (χ3v) is 5.75. The van der Waals surface area contributed by atoms with Crippen molar-refractivity contribution in [2.45, 2.75) is 19.5 Å². The van der Waals surface area contributed by atoms with Crippen molar-refractivity contribution >= 4 is 22.6 Å². The number of benzene rings is 2. The van der Waals surface area contributed by atoms with Crippen LogP contribution < -0.4 is 5.32 Å². The van der Waals surface area contributed by atoms with Gasteiger partial charge in [-0.1, -0.05) is 35.5 Å². The number of rotatable bonds is 8. The van der Waals surface area contributed by atoms with Gasteiger partial charge in [0.15, 0.2) is 0 Å². The zero-order valence-electron chi connectivity index (χ0n) is 19.3. The largest absolute Gasteiger partial charge is 0.373 e. The molecule has 0 unspecified atom stereocenters. The fourth-order valence-corrected chi connectivity index (χ4v) is 4.02. The van der Waals surface area contributed by atoms with Crippen LogP contribution >= 0.6 is 0 Å². The molecule has 0 bridgehead atoms. The molecule has 0 saturated heterocycles. The first-order chi connectivity index (χ1) is 17.2. The lowest BCUT2D eigenvalue weighted by molar-refractivity contribution is -0.132. The second kappa shape index (κ2) is 10.1. The van der Waals surface area contributed by atoms with Crippen molar-refractivity contribution in [1.29, 1.82) is 0 Å². The van der Waals surface area contributed by atoms with Crippen molar-refractivity contribution in [1.82, 2.24) is 25.0 Å². The predicted molar refractivity (Wildman–Crippen MR) is 133 cm³/mol. The molecule has 0 aliphatic rings. The van der Waals surface area contributed by atoms with Crippen LogP contribution in [0.15, 0.2) is 90.0 Å². The van der Waals surface area contributed by atoms with Gasteiger partial charge < -0.3 is 14.7 Å². The standard InChI is InChI=1S/C27H24N6O2/c1-28-27-24-14-21(8-9-25(24)30-18-31-27)20-6-4-5-19(13-20)16-33(17-22-7-2-3-11-29-22)26(34)15-23-10-12-32-35-23/h2-14,18H,15-17H2,1H3,(H,28,30,31). The summed E-state index contributed by atoms with van der Waals surface area (Å²) in [7, 11) is 1.85. The van der Waals surface area contributed by atoms with E-state index in [9.17, 15) is 4.79 Å². The van der Waals surface area contributed by atoms with Crippen LogP contribution in [0.2, 0.25) is 0 Å². The van der Waals surface area contributed by atoms with Crippen molar-refractivity contribution in [3.8, 4) is 11.1 Å². The predicted octanol–water partition coefficient (Wildman–Crippen LogP) is 4.49. The van der Waals surface area contributed by atoms with E-state index < -0.39 is 0 Å². The molecule has 35 heavy (non-hydrogen) atoms. The Hall–Kier alpha value is -4.59. The highest BCUT2D eigenvalue weighted by Crippen LogP contribution is 2.27. The molecule has 8 nitrogen and oxygen atoms in total. The van der Waals surface area contributed by atoms with Crippen LogP contribution in [0.4, 0.5) is 5.82 Å². The van der Waals surface area contributed by atoms with Gasteiger partial charge in [0.2, 0.25) is 5.91 Å². The van der Waals surface area contributed by atoms with Gasteiger partial charge in [0, 0.05) is 31.2 Å². The van der Waals surface area contributed by atoms with Crippen molar-refractivity contribution in [2.75, 3.05) is 12.4 Å². The lowest BCUT2D eigenvalue weighted by Crippen LogP contribution is -2.31. The van der Waals surface area contributed by atoms with E-state index in [1.165, 1.54) is 0 Å². The number of aromatic nitrogens is 4. The molecule has 8 heteroatoms. The number of amides is 1. The summed E-state index contributed by atoms with van der Waals surface area (Å²) in [6, 6.07) is 21.7. The molecule has 0 spiro atoms. The molecule has 0 fully saturated rings. The summed E-state index contributed by atoms with van der Waals surface area (Å²) in [6.07, 6.45) is 4.98. The Kier molecular flexibility index (Phi) is 6.43. The summed E-state index contributed by atoms with van der Waals surface area (Å²) in [5.41, 5.74) is 4.82. The summed E-state index contributed by atoms with van der Waals surface area (Å²) in [5, 5.41) is 7.79. The number of nitrogens with one attached hydrogen (secondary N) is 1. The normalized spacial score (nSPS) is 10.9. The van der Waals surface area contributed by atoms with E-state index in [0.29, 0.717) is 18.8 Å². The quantitative estimate of drug-likeness (QED) is 0.361. The van der Waals surface area contributed by atoms with Gasteiger partial charge in [0.05, 0.1) is 30.4 Å². The van der Waals surface area contributed by atoms with Gasteiger partial charge in [-0.25, -0.2) is 9.97 Å². The van der Waals surface area contributed by atoms with Crippen LogP contribution in [0.25, 0.3) is 22.0 Å². The molecule has 0 aliphatic carbocycles.